The predicted octanol–water partition coefficient (Wildman–Crippen LogP) is 0.714. The van der Waals surface area contributed by atoms with Crippen molar-refractivity contribution in [3.63, 3.8) is 0 Å². The topological polar surface area (TPSA) is 75.3 Å². The molecule has 1 aromatic heterocycles. The lowest BCUT2D eigenvalue weighted by atomic mass is 10.2. The number of pyridine rings is 1. The highest BCUT2D eigenvalue weighted by molar-refractivity contribution is 5.79. The second kappa shape index (κ2) is 4.94. The first kappa shape index (κ1) is 10.9. The van der Waals surface area contributed by atoms with E-state index in [4.69, 9.17) is 5.84 Å². The molecule has 1 fully saturated rings. The molecule has 0 aliphatic heterocycles. The highest BCUT2D eigenvalue weighted by Gasteiger charge is 2.21. The first-order chi connectivity index (χ1) is 7.79. The van der Waals surface area contributed by atoms with Crippen LogP contribution in [0.3, 0.4) is 0 Å². The second-order valence-electron chi connectivity index (χ2n) is 3.97. The fraction of sp³-hybridized carbons (Fsp3) is 0.455. The van der Waals surface area contributed by atoms with Crippen LogP contribution in [-0.2, 0) is 0 Å². The molecule has 1 heterocycles. The normalized spacial score (nSPS) is 18.0. The van der Waals surface area contributed by atoms with Crippen molar-refractivity contribution in [3.05, 3.63) is 30.1 Å². The van der Waals surface area contributed by atoms with Crippen molar-refractivity contribution in [1.29, 1.82) is 0 Å². The molecule has 0 spiro atoms. The van der Waals surface area contributed by atoms with Crippen LogP contribution in [0.4, 0.5) is 0 Å². The van der Waals surface area contributed by atoms with Gasteiger partial charge in [-0.25, -0.2) is 10.8 Å². The Morgan fingerprint density at radius 3 is 2.94 bits per heavy atom. The number of nitrogens with zero attached hydrogens (tertiary/aromatic N) is 2. The zero-order chi connectivity index (χ0) is 11.4. The third-order valence-corrected chi connectivity index (χ3v) is 2.48. The van der Waals surface area contributed by atoms with E-state index in [2.05, 4.69) is 20.7 Å². The molecule has 1 aliphatic rings. The average molecular weight is 219 g/mol. The van der Waals surface area contributed by atoms with Crippen molar-refractivity contribution in [3.8, 4) is 0 Å². The van der Waals surface area contributed by atoms with Gasteiger partial charge in [0, 0.05) is 6.20 Å². The molecule has 1 aliphatic carbocycles. The van der Waals surface area contributed by atoms with E-state index in [1.807, 2.05) is 25.1 Å². The number of guanidine groups is 1. The minimum atomic E-state index is 0.0924. The molecule has 0 radical (unpaired) electrons. The number of nitrogens with two attached hydrogens (primary N) is 1. The summed E-state index contributed by atoms with van der Waals surface area (Å²) in [6.45, 7) is 2.03. The van der Waals surface area contributed by atoms with Crippen LogP contribution < -0.4 is 16.6 Å². The van der Waals surface area contributed by atoms with E-state index in [1.165, 1.54) is 0 Å². The quantitative estimate of drug-likeness (QED) is 0.303. The zero-order valence-corrected chi connectivity index (χ0v) is 9.35. The Labute approximate surface area is 95.1 Å². The van der Waals surface area contributed by atoms with Gasteiger partial charge in [0.1, 0.15) is 0 Å². The van der Waals surface area contributed by atoms with Gasteiger partial charge in [0.05, 0.1) is 17.8 Å². The number of nitrogens with one attached hydrogen (secondary N) is 2. The molecule has 1 atom stereocenters. The highest BCUT2D eigenvalue weighted by atomic mass is 15.3. The molecule has 86 valence electrons. The lowest BCUT2D eigenvalue weighted by Crippen LogP contribution is -2.43. The molecular weight excluding hydrogens is 202 g/mol. The molecule has 0 amide bonds. The molecule has 0 bridgehead atoms. The van der Waals surface area contributed by atoms with Crippen LogP contribution in [-0.4, -0.2) is 17.0 Å². The van der Waals surface area contributed by atoms with Crippen LogP contribution in [0.1, 0.15) is 31.5 Å². The Bertz CT molecular complexity index is 358. The smallest absolute Gasteiger partial charge is 0.206 e. The average Bonchev–Trinajstić information content (AvgIpc) is 3.13. The van der Waals surface area contributed by atoms with Gasteiger partial charge in [-0.1, -0.05) is 6.07 Å². The molecule has 0 saturated heterocycles. The number of rotatable bonds is 3. The van der Waals surface area contributed by atoms with Crippen LogP contribution in [0.5, 0.6) is 0 Å². The van der Waals surface area contributed by atoms with Gasteiger partial charge >= 0.3 is 0 Å². The van der Waals surface area contributed by atoms with Crippen molar-refractivity contribution >= 4 is 5.96 Å². The molecule has 4 N–H and O–H groups in total. The Hall–Kier alpha value is -1.62. The fourth-order valence-corrected chi connectivity index (χ4v) is 1.41. The number of aromatic nitrogens is 1. The third kappa shape index (κ3) is 2.93. The summed E-state index contributed by atoms with van der Waals surface area (Å²) >= 11 is 0. The third-order valence-electron chi connectivity index (χ3n) is 2.48. The lowest BCUT2D eigenvalue weighted by molar-refractivity contribution is 0.667. The number of hydrogen-bond acceptors (Lipinski definition) is 3. The van der Waals surface area contributed by atoms with E-state index in [0.717, 1.165) is 18.5 Å². The molecule has 1 unspecified atom stereocenters. The summed E-state index contributed by atoms with van der Waals surface area (Å²) in [5.41, 5.74) is 3.56. The van der Waals surface area contributed by atoms with Crippen LogP contribution in [0, 0.1) is 0 Å². The van der Waals surface area contributed by atoms with E-state index in [9.17, 15) is 0 Å². The van der Waals surface area contributed by atoms with E-state index in [1.54, 1.807) is 6.20 Å². The molecule has 16 heavy (non-hydrogen) atoms. The van der Waals surface area contributed by atoms with E-state index < -0.39 is 0 Å². The molecule has 2 rings (SSSR count). The van der Waals surface area contributed by atoms with Crippen molar-refractivity contribution in [2.24, 2.45) is 10.8 Å². The van der Waals surface area contributed by atoms with E-state index in [-0.39, 0.29) is 6.04 Å². The Morgan fingerprint density at radius 2 is 2.38 bits per heavy atom. The van der Waals surface area contributed by atoms with Crippen molar-refractivity contribution in [1.82, 2.24) is 15.7 Å². The summed E-state index contributed by atoms with van der Waals surface area (Å²) in [5, 5.41) is 3.21. The zero-order valence-electron chi connectivity index (χ0n) is 9.35. The lowest BCUT2D eigenvalue weighted by Gasteiger charge is -2.15. The predicted molar refractivity (Wildman–Crippen MR) is 63.6 cm³/mol. The van der Waals surface area contributed by atoms with Gasteiger partial charge < -0.3 is 5.32 Å². The minimum Gasteiger partial charge on any atom is -0.347 e. The van der Waals surface area contributed by atoms with Gasteiger partial charge in [0.15, 0.2) is 0 Å². The summed E-state index contributed by atoms with van der Waals surface area (Å²) in [7, 11) is 0. The summed E-state index contributed by atoms with van der Waals surface area (Å²) in [5.74, 6) is 6.05. The van der Waals surface area contributed by atoms with Crippen LogP contribution in [0.15, 0.2) is 29.4 Å². The highest BCUT2D eigenvalue weighted by Crippen LogP contribution is 2.23. The maximum atomic E-state index is 5.41. The SMILES string of the molecule is CC(NC(=NC1CC1)NN)c1ccccn1. The number of hydrazine groups is 1. The number of aliphatic imine (C=N–C) groups is 1. The van der Waals surface area contributed by atoms with Crippen LogP contribution in [0.2, 0.25) is 0 Å². The number of hydrogen-bond donors (Lipinski definition) is 3. The van der Waals surface area contributed by atoms with Crippen molar-refractivity contribution in [2.75, 3.05) is 0 Å². The fourth-order valence-electron chi connectivity index (χ4n) is 1.41. The summed E-state index contributed by atoms with van der Waals surface area (Å²) in [6, 6.07) is 6.37. The summed E-state index contributed by atoms with van der Waals surface area (Å²) in [4.78, 5) is 8.69. The van der Waals surface area contributed by atoms with Crippen LogP contribution >= 0.6 is 0 Å². The summed E-state index contributed by atoms with van der Waals surface area (Å²) in [6.07, 6.45) is 4.09. The molecule has 5 nitrogen and oxygen atoms in total. The van der Waals surface area contributed by atoms with Crippen molar-refractivity contribution < 1.29 is 0 Å². The van der Waals surface area contributed by atoms with Crippen LogP contribution in [0.25, 0.3) is 0 Å². The molecule has 1 aromatic rings. The van der Waals surface area contributed by atoms with E-state index in [0.29, 0.717) is 12.0 Å². The standard InChI is InChI=1S/C11H17N5/c1-8(10-4-2-3-7-13-10)14-11(16-12)15-9-5-6-9/h2-4,7-9H,5-6,12H2,1H3,(H2,14,15,16). The van der Waals surface area contributed by atoms with Gasteiger partial charge in [-0.05, 0) is 31.9 Å². The molecule has 5 heteroatoms. The molecule has 0 aromatic carbocycles. The van der Waals surface area contributed by atoms with Gasteiger partial charge in [-0.15, -0.1) is 0 Å². The second-order valence-corrected chi connectivity index (χ2v) is 3.97. The minimum absolute atomic E-state index is 0.0924. The monoisotopic (exact) mass is 219 g/mol. The Kier molecular flexibility index (Phi) is 3.36. The largest absolute Gasteiger partial charge is 0.347 e. The summed E-state index contributed by atoms with van der Waals surface area (Å²) < 4.78 is 0. The Balaban J connectivity index is 1.97. The van der Waals surface area contributed by atoms with Gasteiger partial charge in [-0.3, -0.25) is 10.4 Å². The maximum Gasteiger partial charge on any atom is 0.206 e. The molecular formula is C11H17N5. The first-order valence-electron chi connectivity index (χ1n) is 5.51. The van der Waals surface area contributed by atoms with E-state index >= 15 is 0 Å². The first-order valence-corrected chi connectivity index (χ1v) is 5.51. The molecule has 1 saturated carbocycles. The van der Waals surface area contributed by atoms with Gasteiger partial charge in [-0.2, -0.15) is 0 Å². The van der Waals surface area contributed by atoms with Gasteiger partial charge in [0.2, 0.25) is 5.96 Å². The van der Waals surface area contributed by atoms with Gasteiger partial charge in [0.25, 0.3) is 0 Å². The maximum absolute atomic E-state index is 5.41. The van der Waals surface area contributed by atoms with Crippen molar-refractivity contribution in [2.45, 2.75) is 31.8 Å². The Morgan fingerprint density at radius 1 is 1.56 bits per heavy atom.